The number of cyclic esters (lactones) is 1. The second kappa shape index (κ2) is 6.88. The van der Waals surface area contributed by atoms with Crippen LogP contribution in [0.5, 0.6) is 5.88 Å². The lowest BCUT2D eigenvalue weighted by Crippen LogP contribution is -2.25. The Labute approximate surface area is 167 Å². The normalized spacial score (nSPS) is 18.7. The van der Waals surface area contributed by atoms with Crippen LogP contribution < -0.4 is 15.8 Å². The van der Waals surface area contributed by atoms with Gasteiger partial charge in [0, 0.05) is 17.5 Å². The zero-order valence-corrected chi connectivity index (χ0v) is 16.0. The van der Waals surface area contributed by atoms with Crippen LogP contribution in [0.4, 0.5) is 17.3 Å². The van der Waals surface area contributed by atoms with E-state index in [4.69, 9.17) is 15.2 Å². The minimum Gasteiger partial charge on any atom is -0.474 e. The topological polar surface area (TPSA) is 112 Å². The monoisotopic (exact) mass is 391 g/mol. The second-order valence-electron chi connectivity index (χ2n) is 7.56. The number of nitrogen functional groups attached to an aromatic ring is 1. The van der Waals surface area contributed by atoms with Gasteiger partial charge in [-0.1, -0.05) is 6.92 Å². The van der Waals surface area contributed by atoms with Gasteiger partial charge in [0.25, 0.3) is 0 Å². The average molecular weight is 391 g/mol. The minimum atomic E-state index is -0.333. The molecule has 0 amide bonds. The predicted molar refractivity (Wildman–Crippen MR) is 108 cm³/mol. The van der Waals surface area contributed by atoms with E-state index in [-0.39, 0.29) is 18.0 Å². The SMILES string of the molecule is CC1COC(=O)c2ccc(Nc3cc4c(N)cnc(OC5CCC5)c4cn3)nc21. The van der Waals surface area contributed by atoms with Crippen LogP contribution in [-0.4, -0.2) is 33.6 Å². The summed E-state index contributed by atoms with van der Waals surface area (Å²) in [5.41, 5.74) is 7.94. The van der Waals surface area contributed by atoms with Crippen molar-refractivity contribution in [1.82, 2.24) is 15.0 Å². The van der Waals surface area contributed by atoms with Crippen molar-refractivity contribution >= 4 is 34.1 Å². The summed E-state index contributed by atoms with van der Waals surface area (Å²) in [6, 6.07) is 5.33. The molecule has 148 valence electrons. The lowest BCUT2D eigenvalue weighted by molar-refractivity contribution is 0.0445. The lowest BCUT2D eigenvalue weighted by atomic mass is 9.96. The third-order valence-electron chi connectivity index (χ3n) is 5.43. The maximum absolute atomic E-state index is 11.9. The first-order chi connectivity index (χ1) is 14.1. The molecule has 3 aromatic rings. The van der Waals surface area contributed by atoms with Gasteiger partial charge in [0.05, 0.1) is 35.1 Å². The maximum atomic E-state index is 11.9. The van der Waals surface area contributed by atoms with Crippen LogP contribution >= 0.6 is 0 Å². The summed E-state index contributed by atoms with van der Waals surface area (Å²) in [6.45, 7) is 2.32. The van der Waals surface area contributed by atoms with Crippen LogP contribution in [0.1, 0.15) is 48.2 Å². The first kappa shape index (κ1) is 17.7. The van der Waals surface area contributed by atoms with Crippen molar-refractivity contribution in [2.45, 2.75) is 38.2 Å². The number of ether oxygens (including phenoxy) is 2. The van der Waals surface area contributed by atoms with E-state index in [1.165, 1.54) is 6.42 Å². The molecule has 1 fully saturated rings. The summed E-state index contributed by atoms with van der Waals surface area (Å²) in [7, 11) is 0. The Morgan fingerprint density at radius 1 is 1.17 bits per heavy atom. The van der Waals surface area contributed by atoms with Crippen molar-refractivity contribution in [2.24, 2.45) is 0 Å². The molecule has 0 spiro atoms. The van der Waals surface area contributed by atoms with Crippen LogP contribution in [0, 0.1) is 0 Å². The Balaban J connectivity index is 1.46. The molecular weight excluding hydrogens is 370 g/mol. The molecule has 1 aliphatic heterocycles. The number of aromatic nitrogens is 3. The highest BCUT2D eigenvalue weighted by molar-refractivity contribution is 5.97. The highest BCUT2D eigenvalue weighted by Crippen LogP contribution is 2.33. The molecule has 0 radical (unpaired) electrons. The molecule has 1 aliphatic carbocycles. The number of nitrogens with one attached hydrogen (secondary N) is 1. The molecule has 0 bridgehead atoms. The lowest BCUT2D eigenvalue weighted by Gasteiger charge is -2.26. The fourth-order valence-corrected chi connectivity index (χ4v) is 3.52. The fourth-order valence-electron chi connectivity index (χ4n) is 3.52. The Bertz CT molecular complexity index is 1110. The molecule has 3 N–H and O–H groups in total. The van der Waals surface area contributed by atoms with Crippen LogP contribution in [-0.2, 0) is 4.74 Å². The maximum Gasteiger partial charge on any atom is 0.340 e. The Hall–Kier alpha value is -3.42. The predicted octanol–water partition coefficient (Wildman–Crippen LogP) is 3.56. The molecule has 2 aliphatic rings. The zero-order chi connectivity index (χ0) is 20.0. The van der Waals surface area contributed by atoms with Gasteiger partial charge >= 0.3 is 5.97 Å². The average Bonchev–Trinajstić information content (AvgIpc) is 2.69. The quantitative estimate of drug-likeness (QED) is 0.649. The number of carbonyl (C=O) groups excluding carboxylic acids is 1. The molecule has 0 aromatic carbocycles. The molecule has 8 nitrogen and oxygen atoms in total. The highest BCUT2D eigenvalue weighted by Gasteiger charge is 2.26. The third-order valence-corrected chi connectivity index (χ3v) is 5.43. The number of hydrogen-bond acceptors (Lipinski definition) is 8. The zero-order valence-electron chi connectivity index (χ0n) is 16.0. The molecular formula is C21H21N5O3. The number of rotatable bonds is 4. The van der Waals surface area contributed by atoms with Crippen molar-refractivity contribution in [1.29, 1.82) is 0 Å². The van der Waals surface area contributed by atoms with Gasteiger partial charge in [0.2, 0.25) is 5.88 Å². The summed E-state index contributed by atoms with van der Waals surface area (Å²) >= 11 is 0. The first-order valence-corrected chi connectivity index (χ1v) is 9.74. The molecule has 1 atom stereocenters. The number of nitrogens with zero attached hydrogens (tertiary/aromatic N) is 3. The molecule has 3 aromatic heterocycles. The Kier molecular flexibility index (Phi) is 4.19. The summed E-state index contributed by atoms with van der Waals surface area (Å²) in [5.74, 6) is 1.48. The van der Waals surface area contributed by atoms with Crippen molar-refractivity contribution in [2.75, 3.05) is 17.7 Å². The molecule has 8 heteroatoms. The van der Waals surface area contributed by atoms with E-state index < -0.39 is 0 Å². The van der Waals surface area contributed by atoms with Gasteiger partial charge in [0.15, 0.2) is 0 Å². The molecule has 5 rings (SSSR count). The summed E-state index contributed by atoms with van der Waals surface area (Å²) in [6.07, 6.45) is 6.85. The van der Waals surface area contributed by atoms with Crippen LogP contribution in [0.3, 0.4) is 0 Å². The van der Waals surface area contributed by atoms with Crippen LogP contribution in [0.25, 0.3) is 10.8 Å². The molecule has 1 saturated carbocycles. The van der Waals surface area contributed by atoms with E-state index in [2.05, 4.69) is 20.3 Å². The smallest absolute Gasteiger partial charge is 0.340 e. The molecule has 4 heterocycles. The summed E-state index contributed by atoms with van der Waals surface area (Å²) < 4.78 is 11.1. The number of pyridine rings is 3. The van der Waals surface area contributed by atoms with Crippen LogP contribution in [0.15, 0.2) is 30.6 Å². The Morgan fingerprint density at radius 3 is 2.83 bits per heavy atom. The van der Waals surface area contributed by atoms with Gasteiger partial charge in [-0.05, 0) is 37.5 Å². The number of hydrogen-bond donors (Lipinski definition) is 2. The van der Waals surface area contributed by atoms with E-state index in [0.717, 1.165) is 29.3 Å². The molecule has 0 saturated heterocycles. The number of carbonyl (C=O) groups is 1. The van der Waals surface area contributed by atoms with E-state index in [0.29, 0.717) is 35.4 Å². The number of fused-ring (bicyclic) bond motifs is 2. The number of esters is 1. The van der Waals surface area contributed by atoms with E-state index >= 15 is 0 Å². The highest BCUT2D eigenvalue weighted by atomic mass is 16.5. The van der Waals surface area contributed by atoms with Gasteiger partial charge in [-0.25, -0.2) is 19.7 Å². The summed E-state index contributed by atoms with van der Waals surface area (Å²) in [5, 5.41) is 4.81. The second-order valence-corrected chi connectivity index (χ2v) is 7.56. The standard InChI is InChI=1S/C21H21N5O3/c1-11-10-28-21(27)13-5-6-17(26-19(11)13)25-18-7-14-15(8-23-18)20(24-9-16(14)22)29-12-3-2-4-12/h5-9,11-12H,2-4,10,22H2,1H3,(H,23,25,26). The van der Waals surface area contributed by atoms with E-state index in [1.807, 2.05) is 13.0 Å². The minimum absolute atomic E-state index is 0.0435. The van der Waals surface area contributed by atoms with Gasteiger partial charge in [-0.2, -0.15) is 0 Å². The van der Waals surface area contributed by atoms with Gasteiger partial charge in [0.1, 0.15) is 17.7 Å². The number of anilines is 3. The summed E-state index contributed by atoms with van der Waals surface area (Å²) in [4.78, 5) is 25.3. The van der Waals surface area contributed by atoms with Crippen molar-refractivity contribution in [3.8, 4) is 5.88 Å². The number of nitrogens with two attached hydrogens (primary N) is 1. The van der Waals surface area contributed by atoms with E-state index in [9.17, 15) is 4.79 Å². The third kappa shape index (κ3) is 3.20. The molecule has 1 unspecified atom stereocenters. The van der Waals surface area contributed by atoms with Crippen LogP contribution in [0.2, 0.25) is 0 Å². The van der Waals surface area contributed by atoms with Crippen molar-refractivity contribution in [3.05, 3.63) is 41.9 Å². The van der Waals surface area contributed by atoms with Crippen molar-refractivity contribution in [3.63, 3.8) is 0 Å². The van der Waals surface area contributed by atoms with E-state index in [1.54, 1.807) is 24.5 Å². The van der Waals surface area contributed by atoms with Crippen molar-refractivity contribution < 1.29 is 14.3 Å². The fraction of sp³-hybridized carbons (Fsp3) is 0.333. The van der Waals surface area contributed by atoms with Gasteiger partial charge in [-0.3, -0.25) is 0 Å². The molecule has 29 heavy (non-hydrogen) atoms. The van der Waals surface area contributed by atoms with Gasteiger partial charge < -0.3 is 20.5 Å². The first-order valence-electron chi connectivity index (χ1n) is 9.74. The largest absolute Gasteiger partial charge is 0.474 e. The van der Waals surface area contributed by atoms with Gasteiger partial charge in [-0.15, -0.1) is 0 Å². The Morgan fingerprint density at radius 2 is 2.03 bits per heavy atom.